The quantitative estimate of drug-likeness (QED) is 0.103. The number of ether oxygens (including phenoxy) is 2. The molecule has 1 saturated carbocycles. The number of rotatable bonds is 16. The number of likely N-dealkylation sites (tertiary alicyclic amines) is 1. The fraction of sp³-hybridized carbons (Fsp3) is 0.500. The van der Waals surface area contributed by atoms with Crippen molar-refractivity contribution in [3.63, 3.8) is 0 Å². The van der Waals surface area contributed by atoms with Crippen LogP contribution in [0.25, 0.3) is 10.4 Å². The minimum atomic E-state index is -0.963. The van der Waals surface area contributed by atoms with Crippen LogP contribution in [0, 0.1) is 29.1 Å². The number of carbonyl (C=O) groups excluding carboxylic acids is 4. The van der Waals surface area contributed by atoms with Crippen molar-refractivity contribution in [3.05, 3.63) is 93.7 Å². The predicted octanol–water partition coefficient (Wildman–Crippen LogP) is 5.52. The zero-order valence-corrected chi connectivity index (χ0v) is 41.3. The van der Waals surface area contributed by atoms with Crippen LogP contribution in [-0.2, 0) is 19.1 Å². The molecule has 2 unspecified atom stereocenters. The van der Waals surface area contributed by atoms with Crippen LogP contribution in [0.3, 0.4) is 0 Å². The number of aliphatic hydroxyl groups excluding tert-OH is 1. The first-order chi connectivity index (χ1) is 32.3. The molecule has 4 amide bonds. The summed E-state index contributed by atoms with van der Waals surface area (Å²) >= 11 is 7.76. The number of thiazole rings is 1. The summed E-state index contributed by atoms with van der Waals surface area (Å²) in [7, 11) is 0. The van der Waals surface area contributed by atoms with Gasteiger partial charge in [-0.2, -0.15) is 5.26 Å². The van der Waals surface area contributed by atoms with E-state index < -0.39 is 35.4 Å². The second-order valence-electron chi connectivity index (χ2n) is 19.6. The lowest BCUT2D eigenvalue weighted by Crippen LogP contribution is -2.63. The highest BCUT2D eigenvalue weighted by Crippen LogP contribution is 2.43. The summed E-state index contributed by atoms with van der Waals surface area (Å²) in [6.07, 6.45) is 1.31. The number of β-amino-alcohol motifs (C(OH)–C–C–N with tert-alkyl or cyclic N) is 1. The average Bonchev–Trinajstić information content (AvgIpc) is 3.94. The van der Waals surface area contributed by atoms with E-state index >= 15 is 0 Å². The van der Waals surface area contributed by atoms with Gasteiger partial charge in [-0.3, -0.25) is 24.1 Å². The van der Waals surface area contributed by atoms with Crippen molar-refractivity contribution in [1.29, 1.82) is 5.26 Å². The summed E-state index contributed by atoms with van der Waals surface area (Å²) in [5, 5.41) is 29.2. The summed E-state index contributed by atoms with van der Waals surface area (Å²) in [5.41, 5.74) is 4.55. The molecule has 7 rings (SSSR count). The van der Waals surface area contributed by atoms with Crippen LogP contribution < -0.4 is 25.6 Å². The smallest absolute Gasteiger partial charge is 0.253 e. The summed E-state index contributed by atoms with van der Waals surface area (Å²) in [6, 6.07) is 16.3. The third-order valence-corrected chi connectivity index (χ3v) is 14.7. The molecule has 0 radical (unpaired) electrons. The number of nitrogens with zero attached hydrogens (tertiary/aromatic N) is 6. The van der Waals surface area contributed by atoms with E-state index in [-0.39, 0.29) is 55.0 Å². The highest BCUT2D eigenvalue weighted by molar-refractivity contribution is 7.13. The summed E-state index contributed by atoms with van der Waals surface area (Å²) in [5.74, 6) is -0.0863. The molecule has 18 heteroatoms. The van der Waals surface area contributed by atoms with Gasteiger partial charge in [-0.15, -0.1) is 11.3 Å². The highest BCUT2D eigenvalue weighted by Gasteiger charge is 2.51. The number of aromatic nitrogens is 2. The third-order valence-electron chi connectivity index (χ3n) is 13.4. The Morgan fingerprint density at radius 1 is 1.01 bits per heavy atom. The number of amides is 4. The van der Waals surface area contributed by atoms with Crippen molar-refractivity contribution in [3.8, 4) is 22.3 Å². The molecule has 4 aromatic rings. The first-order valence-corrected chi connectivity index (χ1v) is 24.3. The van der Waals surface area contributed by atoms with Gasteiger partial charge in [0, 0.05) is 75.8 Å². The first kappa shape index (κ1) is 50.2. The second-order valence-corrected chi connectivity index (χ2v) is 20.9. The molecule has 362 valence electrons. The molecule has 16 nitrogen and oxygen atoms in total. The normalized spacial score (nSPS) is 21.2. The van der Waals surface area contributed by atoms with Crippen LogP contribution in [0.4, 0.5) is 5.82 Å². The Kier molecular flexibility index (Phi) is 15.8. The minimum Gasteiger partial charge on any atom is -0.490 e. The number of anilines is 1. The Labute approximate surface area is 407 Å². The monoisotopic (exact) mass is 967 g/mol. The fourth-order valence-corrected chi connectivity index (χ4v) is 9.91. The zero-order valence-electron chi connectivity index (χ0n) is 39.8. The van der Waals surface area contributed by atoms with Gasteiger partial charge in [-0.25, -0.2) is 9.97 Å². The van der Waals surface area contributed by atoms with E-state index in [0.29, 0.717) is 41.5 Å². The van der Waals surface area contributed by atoms with Gasteiger partial charge in [0.25, 0.3) is 5.91 Å². The topological polar surface area (TPSA) is 202 Å². The fourth-order valence-electron chi connectivity index (χ4n) is 8.88. The number of aryl methyl sites for hydroxylation is 1. The predicted molar refractivity (Wildman–Crippen MR) is 260 cm³/mol. The van der Waals surface area contributed by atoms with Crippen LogP contribution in [-0.4, -0.2) is 131 Å². The molecule has 6 atom stereocenters. The van der Waals surface area contributed by atoms with Gasteiger partial charge < -0.3 is 40.3 Å². The molecular weight excluding hydrogens is 906 g/mol. The van der Waals surface area contributed by atoms with Gasteiger partial charge in [-0.1, -0.05) is 70.5 Å². The Hall–Kier alpha value is -5.64. The molecule has 4 N–H and O–H groups in total. The Balaban J connectivity index is 0.817. The van der Waals surface area contributed by atoms with E-state index in [2.05, 4.69) is 35.7 Å². The van der Waals surface area contributed by atoms with Crippen LogP contribution in [0.5, 0.6) is 5.75 Å². The Morgan fingerprint density at radius 2 is 1.75 bits per heavy atom. The molecule has 3 fully saturated rings. The average molecular weight is 969 g/mol. The molecular formula is C50H62ClN9O7S. The van der Waals surface area contributed by atoms with Crippen LogP contribution >= 0.6 is 22.9 Å². The molecule has 2 aromatic heterocycles. The van der Waals surface area contributed by atoms with Gasteiger partial charge in [0.15, 0.2) is 0 Å². The third kappa shape index (κ3) is 11.8. The molecule has 3 aliphatic rings. The van der Waals surface area contributed by atoms with Gasteiger partial charge in [0.05, 0.1) is 51.0 Å². The van der Waals surface area contributed by atoms with Crippen molar-refractivity contribution < 1.29 is 33.8 Å². The number of aliphatic hydroxyl groups is 1. The maximum Gasteiger partial charge on any atom is 0.253 e. The number of hydrogen-bond acceptors (Lipinski definition) is 13. The maximum absolute atomic E-state index is 14.1. The van der Waals surface area contributed by atoms with Crippen molar-refractivity contribution in [2.75, 3.05) is 57.4 Å². The second kappa shape index (κ2) is 21.3. The van der Waals surface area contributed by atoms with Gasteiger partial charge in [0.2, 0.25) is 17.7 Å². The van der Waals surface area contributed by atoms with E-state index in [1.165, 1.54) is 4.90 Å². The molecule has 0 bridgehead atoms. The molecule has 2 aliphatic heterocycles. The number of nitriles is 1. The number of piperazine rings is 1. The zero-order chi connectivity index (χ0) is 48.9. The number of pyridine rings is 1. The van der Waals surface area contributed by atoms with E-state index in [0.717, 1.165) is 53.7 Å². The van der Waals surface area contributed by atoms with Crippen molar-refractivity contribution >= 4 is 52.4 Å². The Morgan fingerprint density at radius 3 is 2.37 bits per heavy atom. The standard InChI is InChI=1S/C50H62ClN9O7S/c1-30(32-8-10-33(11-9-32)44-31(2)54-29-68-44)55-47(64)39-22-36(61)27-60(39)48(65)45(49(3,4)5)57-43(62)28-66-21-20-58-16-18-59(19-17-58)42-15-13-35(26-53-42)46(63)56-40-24-41(50(40,6)7)67-37-14-12-34(25-52)38(51)23-37/h8-15,23,26,29-30,36,39-41,45,61H,16-22,24,27-28H2,1-7H3,(H,55,64)(H,56,63)(H,57,62)/t30?,36-,39+,40+,41-,45?/m1/s1. The first-order valence-electron chi connectivity index (χ1n) is 23.1. The van der Waals surface area contributed by atoms with Crippen LogP contribution in [0.1, 0.15) is 87.6 Å². The summed E-state index contributed by atoms with van der Waals surface area (Å²) < 4.78 is 11.9. The Bertz CT molecular complexity index is 2480. The van der Waals surface area contributed by atoms with Crippen LogP contribution in [0.2, 0.25) is 5.02 Å². The molecule has 4 heterocycles. The summed E-state index contributed by atoms with van der Waals surface area (Å²) in [6.45, 7) is 17.1. The number of nitrogens with one attached hydrogen (secondary N) is 3. The number of benzene rings is 2. The summed E-state index contributed by atoms with van der Waals surface area (Å²) in [4.78, 5) is 70.1. The lowest BCUT2D eigenvalue weighted by Gasteiger charge is -2.51. The largest absolute Gasteiger partial charge is 0.490 e. The van der Waals surface area contributed by atoms with Crippen LogP contribution in [0.15, 0.2) is 66.3 Å². The van der Waals surface area contributed by atoms with E-state index in [9.17, 15) is 24.3 Å². The van der Waals surface area contributed by atoms with E-state index in [1.54, 1.807) is 41.8 Å². The minimum absolute atomic E-state index is 0.0176. The molecule has 68 heavy (non-hydrogen) atoms. The van der Waals surface area contributed by atoms with Crippen molar-refractivity contribution in [1.82, 2.24) is 35.7 Å². The molecule has 2 aromatic carbocycles. The lowest BCUT2D eigenvalue weighted by molar-refractivity contribution is -0.144. The van der Waals surface area contributed by atoms with Crippen molar-refractivity contribution in [2.24, 2.45) is 10.8 Å². The van der Waals surface area contributed by atoms with Gasteiger partial charge in [0.1, 0.15) is 42.4 Å². The highest BCUT2D eigenvalue weighted by atomic mass is 35.5. The lowest BCUT2D eigenvalue weighted by atomic mass is 9.64. The van der Waals surface area contributed by atoms with E-state index in [1.807, 2.05) is 90.4 Å². The number of hydrogen-bond donors (Lipinski definition) is 4. The number of carbonyl (C=O) groups is 4. The van der Waals surface area contributed by atoms with Gasteiger partial charge in [-0.05, 0) is 54.7 Å². The SMILES string of the molecule is Cc1ncsc1-c1ccc(C(C)NC(=O)[C@@H]2C[C@@H](O)CN2C(=O)C(NC(=O)COCCN2CCN(c3ccc(C(=O)N[C@H]4C[C@@H](Oc5ccc(C#N)c(Cl)c5)C4(C)C)cn3)CC2)C(C)(C)C)cc1. The van der Waals surface area contributed by atoms with Gasteiger partial charge >= 0.3 is 0 Å². The molecule has 0 spiro atoms. The number of halogens is 1. The maximum atomic E-state index is 14.1. The van der Waals surface area contributed by atoms with E-state index in [4.69, 9.17) is 26.3 Å². The molecule has 1 aliphatic carbocycles. The molecule has 2 saturated heterocycles. The van der Waals surface area contributed by atoms with Crippen molar-refractivity contribution in [2.45, 2.75) is 97.7 Å².